The fraction of sp³-hybridized carbons (Fsp3) is 0.500. The number of nitrogens with one attached hydrogen (secondary N) is 1. The van der Waals surface area contributed by atoms with Gasteiger partial charge in [0.15, 0.2) is 11.7 Å². The van der Waals surface area contributed by atoms with Crippen LogP contribution in [0.15, 0.2) is 16.7 Å². The molecule has 1 N–H and O–H groups in total. The average molecular weight is 234 g/mol. The molecule has 0 aliphatic carbocycles. The first-order chi connectivity index (χ1) is 8.24. The molecule has 17 heavy (non-hydrogen) atoms. The maximum absolute atomic E-state index is 5.72. The Balaban J connectivity index is 2.23. The Morgan fingerprint density at radius 1 is 1.47 bits per heavy atom. The van der Waals surface area contributed by atoms with E-state index in [-0.39, 0.29) is 0 Å². The van der Waals surface area contributed by atoms with Crippen LogP contribution in [0.2, 0.25) is 0 Å². The molecular formula is C12H18N4O. The van der Waals surface area contributed by atoms with Gasteiger partial charge in [0.1, 0.15) is 5.69 Å². The summed E-state index contributed by atoms with van der Waals surface area (Å²) < 4.78 is 7.64. The van der Waals surface area contributed by atoms with Crippen LogP contribution in [0.4, 0.5) is 0 Å². The lowest BCUT2D eigenvalue weighted by Gasteiger charge is -2.00. The molecule has 0 fully saturated rings. The molecule has 2 aromatic rings. The number of hydrogen-bond acceptors (Lipinski definition) is 4. The summed E-state index contributed by atoms with van der Waals surface area (Å²) in [5, 5.41) is 7.47. The first-order valence-electron chi connectivity index (χ1n) is 5.88. The van der Waals surface area contributed by atoms with E-state index in [0.29, 0.717) is 0 Å². The Hall–Kier alpha value is -1.62. The van der Waals surface area contributed by atoms with Gasteiger partial charge in [-0.3, -0.25) is 4.68 Å². The van der Waals surface area contributed by atoms with E-state index in [0.717, 1.165) is 42.5 Å². The van der Waals surface area contributed by atoms with Crippen LogP contribution in [0.1, 0.15) is 18.5 Å². The number of hydrogen-bond donors (Lipinski definition) is 1. The predicted octanol–water partition coefficient (Wildman–Crippen LogP) is 1.63. The molecule has 0 atom stereocenters. The lowest BCUT2D eigenvalue weighted by Crippen LogP contribution is -2.10. The highest BCUT2D eigenvalue weighted by atomic mass is 16.4. The van der Waals surface area contributed by atoms with Gasteiger partial charge in [0.05, 0.1) is 11.9 Å². The highest BCUT2D eigenvalue weighted by Gasteiger charge is 2.11. The molecular weight excluding hydrogens is 216 g/mol. The largest absolute Gasteiger partial charge is 0.439 e. The SMILES string of the molecule is CCn1nc(C)cc1-c1cnc(CCNC)o1. The lowest BCUT2D eigenvalue weighted by molar-refractivity contribution is 0.494. The molecule has 2 rings (SSSR count). The molecule has 0 aliphatic heterocycles. The Morgan fingerprint density at radius 3 is 3.00 bits per heavy atom. The molecule has 0 saturated carbocycles. The van der Waals surface area contributed by atoms with Crippen molar-refractivity contribution in [1.29, 1.82) is 0 Å². The van der Waals surface area contributed by atoms with E-state index in [4.69, 9.17) is 4.42 Å². The van der Waals surface area contributed by atoms with E-state index >= 15 is 0 Å². The molecule has 0 amide bonds. The van der Waals surface area contributed by atoms with E-state index < -0.39 is 0 Å². The number of aromatic nitrogens is 3. The Bertz CT molecular complexity index is 486. The Morgan fingerprint density at radius 2 is 2.29 bits per heavy atom. The van der Waals surface area contributed by atoms with Gasteiger partial charge in [0, 0.05) is 19.5 Å². The number of nitrogens with zero attached hydrogens (tertiary/aromatic N) is 3. The third-order valence-electron chi connectivity index (χ3n) is 2.60. The summed E-state index contributed by atoms with van der Waals surface area (Å²) >= 11 is 0. The van der Waals surface area contributed by atoms with Crippen LogP contribution in [0.25, 0.3) is 11.5 Å². The number of aryl methyl sites for hydroxylation is 2. The van der Waals surface area contributed by atoms with Crippen molar-refractivity contribution in [3.05, 3.63) is 23.8 Å². The van der Waals surface area contributed by atoms with Crippen LogP contribution >= 0.6 is 0 Å². The van der Waals surface area contributed by atoms with E-state index in [1.165, 1.54) is 0 Å². The third kappa shape index (κ3) is 2.55. The summed E-state index contributed by atoms with van der Waals surface area (Å²) in [6.45, 7) is 5.74. The molecule has 5 heteroatoms. The van der Waals surface area contributed by atoms with E-state index in [1.807, 2.05) is 24.7 Å². The number of rotatable bonds is 5. The second kappa shape index (κ2) is 5.14. The van der Waals surface area contributed by atoms with E-state index in [9.17, 15) is 0 Å². The predicted molar refractivity (Wildman–Crippen MR) is 65.8 cm³/mol. The molecule has 0 spiro atoms. The van der Waals surface area contributed by atoms with Crippen LogP contribution < -0.4 is 5.32 Å². The molecule has 0 aromatic carbocycles. The van der Waals surface area contributed by atoms with Crippen molar-refractivity contribution in [2.45, 2.75) is 26.8 Å². The van der Waals surface area contributed by atoms with Crippen LogP contribution in [0, 0.1) is 6.92 Å². The quantitative estimate of drug-likeness (QED) is 0.854. The van der Waals surface area contributed by atoms with Crippen molar-refractivity contribution < 1.29 is 4.42 Å². The highest BCUT2D eigenvalue weighted by Crippen LogP contribution is 2.21. The van der Waals surface area contributed by atoms with Gasteiger partial charge in [-0.05, 0) is 27.0 Å². The van der Waals surface area contributed by atoms with Crippen molar-refractivity contribution in [3.63, 3.8) is 0 Å². The summed E-state index contributed by atoms with van der Waals surface area (Å²) in [7, 11) is 1.92. The van der Waals surface area contributed by atoms with Crippen LogP contribution in [0.3, 0.4) is 0 Å². The van der Waals surface area contributed by atoms with Crippen LogP contribution in [0.5, 0.6) is 0 Å². The zero-order valence-corrected chi connectivity index (χ0v) is 10.5. The van der Waals surface area contributed by atoms with Gasteiger partial charge < -0.3 is 9.73 Å². The summed E-state index contributed by atoms with van der Waals surface area (Å²) in [6.07, 6.45) is 2.57. The molecule has 2 heterocycles. The van der Waals surface area contributed by atoms with Gasteiger partial charge in [-0.2, -0.15) is 5.10 Å². The molecule has 92 valence electrons. The average Bonchev–Trinajstić information content (AvgIpc) is 2.92. The Kier molecular flexibility index (Phi) is 3.58. The maximum Gasteiger partial charge on any atom is 0.196 e. The van der Waals surface area contributed by atoms with Gasteiger partial charge in [-0.15, -0.1) is 0 Å². The van der Waals surface area contributed by atoms with Gasteiger partial charge in [-0.25, -0.2) is 4.98 Å². The molecule has 0 unspecified atom stereocenters. The van der Waals surface area contributed by atoms with Gasteiger partial charge in [0.25, 0.3) is 0 Å². The minimum Gasteiger partial charge on any atom is -0.439 e. The molecule has 0 saturated heterocycles. The molecule has 5 nitrogen and oxygen atoms in total. The van der Waals surface area contributed by atoms with Gasteiger partial charge >= 0.3 is 0 Å². The monoisotopic (exact) mass is 234 g/mol. The smallest absolute Gasteiger partial charge is 0.196 e. The fourth-order valence-corrected chi connectivity index (χ4v) is 1.76. The summed E-state index contributed by atoms with van der Waals surface area (Å²) in [5.41, 5.74) is 1.99. The zero-order chi connectivity index (χ0) is 12.3. The standard InChI is InChI=1S/C12H18N4O/c1-4-16-10(7-9(2)15-16)11-8-14-12(17-11)5-6-13-3/h7-8,13H,4-6H2,1-3H3. The van der Waals surface area contributed by atoms with Crippen molar-refractivity contribution in [2.24, 2.45) is 0 Å². The van der Waals surface area contributed by atoms with Gasteiger partial charge in [-0.1, -0.05) is 0 Å². The Labute approximate surface area is 101 Å². The van der Waals surface area contributed by atoms with Crippen molar-refractivity contribution >= 4 is 0 Å². The fourth-order valence-electron chi connectivity index (χ4n) is 1.76. The zero-order valence-electron chi connectivity index (χ0n) is 10.5. The minimum absolute atomic E-state index is 0.760. The highest BCUT2D eigenvalue weighted by molar-refractivity contribution is 5.51. The second-order valence-corrected chi connectivity index (χ2v) is 3.96. The third-order valence-corrected chi connectivity index (χ3v) is 2.60. The molecule has 0 bridgehead atoms. The molecule has 2 aromatic heterocycles. The van der Waals surface area contributed by atoms with Gasteiger partial charge in [0.2, 0.25) is 0 Å². The first-order valence-corrected chi connectivity index (χ1v) is 5.88. The minimum atomic E-state index is 0.760. The van der Waals surface area contributed by atoms with Crippen molar-refractivity contribution in [1.82, 2.24) is 20.1 Å². The summed E-state index contributed by atoms with van der Waals surface area (Å²) in [6, 6.07) is 2.02. The molecule has 0 radical (unpaired) electrons. The topological polar surface area (TPSA) is 55.9 Å². The van der Waals surface area contributed by atoms with Crippen molar-refractivity contribution in [2.75, 3.05) is 13.6 Å². The number of likely N-dealkylation sites (N-methyl/N-ethyl adjacent to an activating group) is 1. The van der Waals surface area contributed by atoms with E-state index in [1.54, 1.807) is 6.20 Å². The van der Waals surface area contributed by atoms with Crippen molar-refractivity contribution in [3.8, 4) is 11.5 Å². The second-order valence-electron chi connectivity index (χ2n) is 3.96. The lowest BCUT2D eigenvalue weighted by atomic mass is 10.3. The van der Waals surface area contributed by atoms with Crippen LogP contribution in [-0.2, 0) is 13.0 Å². The summed E-state index contributed by atoms with van der Waals surface area (Å²) in [5.74, 6) is 1.55. The van der Waals surface area contributed by atoms with Crippen LogP contribution in [-0.4, -0.2) is 28.4 Å². The maximum atomic E-state index is 5.72. The first kappa shape index (κ1) is 11.9. The van der Waals surface area contributed by atoms with E-state index in [2.05, 4.69) is 22.3 Å². The molecule has 0 aliphatic rings. The number of oxazole rings is 1. The normalized spacial score (nSPS) is 11.0. The summed E-state index contributed by atoms with van der Waals surface area (Å²) in [4.78, 5) is 4.27.